The maximum Gasteiger partial charge on any atom is 0.286 e. The first-order valence-electron chi connectivity index (χ1n) is 10.3. The number of piperazine rings is 1. The van der Waals surface area contributed by atoms with Gasteiger partial charge in [-0.2, -0.15) is 0 Å². The van der Waals surface area contributed by atoms with Crippen LogP contribution in [0.5, 0.6) is 0 Å². The Bertz CT molecular complexity index is 741. The van der Waals surface area contributed by atoms with E-state index in [9.17, 15) is 9.59 Å². The predicted octanol–water partition coefficient (Wildman–Crippen LogP) is 1.72. The summed E-state index contributed by atoms with van der Waals surface area (Å²) in [4.78, 5) is 28.5. The maximum atomic E-state index is 11.9. The van der Waals surface area contributed by atoms with E-state index in [1.165, 1.54) is 11.8 Å². The van der Waals surface area contributed by atoms with E-state index in [4.69, 9.17) is 4.42 Å². The Kier molecular flexibility index (Phi) is 8.27. The molecule has 2 aromatic rings. The summed E-state index contributed by atoms with van der Waals surface area (Å²) in [5.74, 6) is -0.0825. The highest BCUT2D eigenvalue weighted by Crippen LogP contribution is 2.08. The second-order valence-corrected chi connectivity index (χ2v) is 7.29. The molecule has 0 atom stereocenters. The Morgan fingerprint density at radius 3 is 2.38 bits per heavy atom. The van der Waals surface area contributed by atoms with Crippen LogP contribution in [0.2, 0.25) is 0 Å². The fraction of sp³-hybridized carbons (Fsp3) is 0.455. The van der Waals surface area contributed by atoms with Crippen LogP contribution in [0.1, 0.15) is 29.0 Å². The molecule has 7 nitrogen and oxygen atoms in total. The van der Waals surface area contributed by atoms with Crippen LogP contribution in [0.3, 0.4) is 0 Å². The Balaban J connectivity index is 1.20. The van der Waals surface area contributed by atoms with E-state index in [-0.39, 0.29) is 24.0 Å². The van der Waals surface area contributed by atoms with Crippen LogP contribution in [-0.2, 0) is 11.3 Å². The van der Waals surface area contributed by atoms with Gasteiger partial charge in [0.2, 0.25) is 5.91 Å². The smallest absolute Gasteiger partial charge is 0.286 e. The van der Waals surface area contributed by atoms with Gasteiger partial charge in [0.05, 0.1) is 6.26 Å². The Morgan fingerprint density at radius 2 is 1.66 bits per heavy atom. The monoisotopic (exact) mass is 398 g/mol. The van der Waals surface area contributed by atoms with Crippen molar-refractivity contribution in [2.75, 3.05) is 45.8 Å². The first kappa shape index (κ1) is 21.1. The second-order valence-electron chi connectivity index (χ2n) is 7.29. The molecule has 1 saturated heterocycles. The van der Waals surface area contributed by atoms with E-state index in [0.717, 1.165) is 45.7 Å². The summed E-state index contributed by atoms with van der Waals surface area (Å²) in [5.41, 5.74) is 1.36. The van der Waals surface area contributed by atoms with Gasteiger partial charge in [0.15, 0.2) is 5.76 Å². The van der Waals surface area contributed by atoms with Crippen LogP contribution < -0.4 is 10.6 Å². The van der Waals surface area contributed by atoms with Gasteiger partial charge in [0, 0.05) is 52.2 Å². The minimum atomic E-state index is -0.297. The standard InChI is InChI=1S/C22H30N4O3/c27-21(9-11-24-22(28)20-8-4-17-29-20)23-10-5-12-25-13-15-26(16-14-25)18-19-6-2-1-3-7-19/h1-4,6-8,17H,5,9-16,18H2,(H,23,27)(H,24,28). The zero-order valence-corrected chi connectivity index (χ0v) is 16.8. The lowest BCUT2D eigenvalue weighted by Crippen LogP contribution is -2.46. The third kappa shape index (κ3) is 7.36. The Morgan fingerprint density at radius 1 is 0.897 bits per heavy atom. The van der Waals surface area contributed by atoms with Gasteiger partial charge in [-0.1, -0.05) is 30.3 Å². The molecule has 0 spiro atoms. The van der Waals surface area contributed by atoms with Crippen molar-refractivity contribution in [2.45, 2.75) is 19.4 Å². The summed E-state index contributed by atoms with van der Waals surface area (Å²) in [5, 5.41) is 5.59. The van der Waals surface area contributed by atoms with Crippen molar-refractivity contribution in [3.05, 3.63) is 60.1 Å². The molecule has 0 aliphatic carbocycles. The van der Waals surface area contributed by atoms with Crippen molar-refractivity contribution in [1.82, 2.24) is 20.4 Å². The third-order valence-corrected chi connectivity index (χ3v) is 5.07. The maximum absolute atomic E-state index is 11.9. The number of furan rings is 1. The van der Waals surface area contributed by atoms with Crippen molar-refractivity contribution in [3.8, 4) is 0 Å². The Labute approximate surface area is 172 Å². The van der Waals surface area contributed by atoms with E-state index in [1.54, 1.807) is 12.1 Å². The summed E-state index contributed by atoms with van der Waals surface area (Å²) in [6.45, 7) is 7.27. The Hall–Kier alpha value is -2.64. The van der Waals surface area contributed by atoms with Crippen molar-refractivity contribution < 1.29 is 14.0 Å². The molecule has 2 heterocycles. The van der Waals surface area contributed by atoms with E-state index in [0.29, 0.717) is 13.1 Å². The molecule has 3 rings (SSSR count). The fourth-order valence-corrected chi connectivity index (χ4v) is 3.42. The topological polar surface area (TPSA) is 77.8 Å². The molecular formula is C22H30N4O3. The van der Waals surface area contributed by atoms with Gasteiger partial charge in [-0.15, -0.1) is 0 Å². The number of nitrogens with zero attached hydrogens (tertiary/aromatic N) is 2. The summed E-state index contributed by atoms with van der Waals surface area (Å²) in [7, 11) is 0. The molecule has 1 aromatic heterocycles. The molecule has 1 aromatic carbocycles. The summed E-state index contributed by atoms with van der Waals surface area (Å²) < 4.78 is 5.01. The number of carbonyl (C=O) groups is 2. The largest absolute Gasteiger partial charge is 0.459 e. The molecule has 2 amide bonds. The number of carbonyl (C=O) groups excluding carboxylic acids is 2. The summed E-state index contributed by atoms with van der Waals surface area (Å²) >= 11 is 0. The van der Waals surface area contributed by atoms with Crippen LogP contribution in [0.15, 0.2) is 53.1 Å². The zero-order valence-electron chi connectivity index (χ0n) is 16.8. The number of rotatable bonds is 10. The van der Waals surface area contributed by atoms with Crippen LogP contribution in [0.4, 0.5) is 0 Å². The van der Waals surface area contributed by atoms with Crippen LogP contribution in [0, 0.1) is 0 Å². The lowest BCUT2D eigenvalue weighted by molar-refractivity contribution is -0.120. The number of benzene rings is 1. The first-order valence-corrected chi connectivity index (χ1v) is 10.3. The first-order chi connectivity index (χ1) is 14.2. The minimum Gasteiger partial charge on any atom is -0.459 e. The molecule has 7 heteroatoms. The number of nitrogens with one attached hydrogen (secondary N) is 2. The SMILES string of the molecule is O=C(CCNC(=O)c1ccco1)NCCCN1CCN(Cc2ccccc2)CC1. The summed E-state index contributed by atoms with van der Waals surface area (Å²) in [6.07, 6.45) is 2.65. The number of hydrogen-bond donors (Lipinski definition) is 2. The highest BCUT2D eigenvalue weighted by atomic mass is 16.3. The average Bonchev–Trinajstić information content (AvgIpc) is 3.28. The lowest BCUT2D eigenvalue weighted by Gasteiger charge is -2.34. The van der Waals surface area contributed by atoms with Crippen molar-refractivity contribution in [1.29, 1.82) is 0 Å². The van der Waals surface area contributed by atoms with Crippen molar-refractivity contribution >= 4 is 11.8 Å². The third-order valence-electron chi connectivity index (χ3n) is 5.07. The molecule has 0 radical (unpaired) electrons. The van der Waals surface area contributed by atoms with Gasteiger partial charge >= 0.3 is 0 Å². The van der Waals surface area contributed by atoms with Crippen molar-refractivity contribution in [2.24, 2.45) is 0 Å². The van der Waals surface area contributed by atoms with E-state index >= 15 is 0 Å². The van der Waals surface area contributed by atoms with Crippen LogP contribution >= 0.6 is 0 Å². The van der Waals surface area contributed by atoms with Gasteiger partial charge in [0.25, 0.3) is 5.91 Å². The zero-order chi connectivity index (χ0) is 20.3. The normalized spacial score (nSPS) is 15.2. The number of hydrogen-bond acceptors (Lipinski definition) is 5. The van der Waals surface area contributed by atoms with E-state index in [1.807, 2.05) is 0 Å². The molecule has 0 unspecified atom stereocenters. The molecule has 2 N–H and O–H groups in total. The molecule has 1 aliphatic rings. The molecule has 1 fully saturated rings. The van der Waals surface area contributed by atoms with Gasteiger partial charge in [-0.25, -0.2) is 0 Å². The minimum absolute atomic E-state index is 0.0441. The molecule has 156 valence electrons. The molecule has 0 bridgehead atoms. The highest BCUT2D eigenvalue weighted by Gasteiger charge is 2.16. The van der Waals surface area contributed by atoms with Crippen LogP contribution in [0.25, 0.3) is 0 Å². The second kappa shape index (κ2) is 11.4. The molecule has 29 heavy (non-hydrogen) atoms. The fourth-order valence-electron chi connectivity index (χ4n) is 3.42. The van der Waals surface area contributed by atoms with Crippen LogP contribution in [-0.4, -0.2) is 67.4 Å². The average molecular weight is 399 g/mol. The van der Waals surface area contributed by atoms with E-state index in [2.05, 4.69) is 50.8 Å². The lowest BCUT2D eigenvalue weighted by atomic mass is 10.2. The predicted molar refractivity (Wildman–Crippen MR) is 111 cm³/mol. The van der Waals surface area contributed by atoms with E-state index < -0.39 is 0 Å². The highest BCUT2D eigenvalue weighted by molar-refractivity contribution is 5.91. The molecule has 0 saturated carbocycles. The number of amides is 2. The molecular weight excluding hydrogens is 368 g/mol. The molecule has 1 aliphatic heterocycles. The quantitative estimate of drug-likeness (QED) is 0.596. The van der Waals surface area contributed by atoms with Gasteiger partial charge in [-0.3, -0.25) is 14.5 Å². The van der Waals surface area contributed by atoms with Gasteiger partial charge in [-0.05, 0) is 30.7 Å². The van der Waals surface area contributed by atoms with Gasteiger partial charge in [0.1, 0.15) is 0 Å². The van der Waals surface area contributed by atoms with Gasteiger partial charge < -0.3 is 20.0 Å². The summed E-state index contributed by atoms with van der Waals surface area (Å²) in [6, 6.07) is 13.8. The van der Waals surface area contributed by atoms with Crippen molar-refractivity contribution in [3.63, 3.8) is 0 Å².